The molecule has 1 N–H and O–H groups in total. The summed E-state index contributed by atoms with van der Waals surface area (Å²) in [6.45, 7) is 3.72. The van der Waals surface area contributed by atoms with Gasteiger partial charge in [0.1, 0.15) is 6.54 Å². The number of benzene rings is 1. The van der Waals surface area contributed by atoms with Crippen molar-refractivity contribution in [3.05, 3.63) is 33.8 Å². The van der Waals surface area contributed by atoms with Gasteiger partial charge in [-0.15, -0.1) is 0 Å². The van der Waals surface area contributed by atoms with Gasteiger partial charge >= 0.3 is 5.97 Å². The van der Waals surface area contributed by atoms with Gasteiger partial charge < -0.3 is 10.0 Å². The Labute approximate surface area is 134 Å². The maximum atomic E-state index is 12.2. The molecule has 1 aromatic rings. The van der Waals surface area contributed by atoms with Crippen molar-refractivity contribution in [2.45, 2.75) is 26.7 Å². The SMILES string of the molecule is CC[C@@H](C)C(=O)N(CCc1ccc(Cl)cc1Cl)CC(=O)O. The van der Waals surface area contributed by atoms with Crippen LogP contribution in [-0.4, -0.2) is 35.0 Å². The molecule has 0 aliphatic heterocycles. The van der Waals surface area contributed by atoms with Crippen molar-refractivity contribution in [3.8, 4) is 0 Å². The number of rotatable bonds is 7. The van der Waals surface area contributed by atoms with Gasteiger partial charge in [0.25, 0.3) is 0 Å². The number of aliphatic carboxylic acids is 1. The number of carboxylic acid groups (broad SMARTS) is 1. The van der Waals surface area contributed by atoms with Crippen molar-refractivity contribution < 1.29 is 14.7 Å². The summed E-state index contributed by atoms with van der Waals surface area (Å²) in [5.41, 5.74) is 0.841. The Morgan fingerprint density at radius 2 is 2.00 bits per heavy atom. The number of hydrogen-bond donors (Lipinski definition) is 1. The maximum Gasteiger partial charge on any atom is 0.323 e. The van der Waals surface area contributed by atoms with E-state index in [2.05, 4.69) is 0 Å². The minimum Gasteiger partial charge on any atom is -0.480 e. The molecule has 21 heavy (non-hydrogen) atoms. The maximum absolute atomic E-state index is 12.2. The Bertz CT molecular complexity index is 520. The fourth-order valence-electron chi connectivity index (χ4n) is 1.90. The third-order valence-corrected chi connectivity index (χ3v) is 3.92. The monoisotopic (exact) mass is 331 g/mol. The molecule has 0 heterocycles. The highest BCUT2D eigenvalue weighted by atomic mass is 35.5. The highest BCUT2D eigenvalue weighted by molar-refractivity contribution is 6.35. The van der Waals surface area contributed by atoms with Gasteiger partial charge in [0.05, 0.1) is 0 Å². The van der Waals surface area contributed by atoms with Crippen molar-refractivity contribution in [1.82, 2.24) is 4.90 Å². The summed E-state index contributed by atoms with van der Waals surface area (Å²) in [6.07, 6.45) is 1.17. The van der Waals surface area contributed by atoms with E-state index >= 15 is 0 Å². The quantitative estimate of drug-likeness (QED) is 0.831. The molecule has 1 rings (SSSR count). The van der Waals surface area contributed by atoms with Crippen LogP contribution in [0.4, 0.5) is 0 Å². The third kappa shape index (κ3) is 5.56. The average molecular weight is 332 g/mol. The second-order valence-corrected chi connectivity index (χ2v) is 5.79. The molecule has 0 radical (unpaired) electrons. The Balaban J connectivity index is 2.77. The van der Waals surface area contributed by atoms with E-state index in [4.69, 9.17) is 28.3 Å². The number of halogens is 2. The summed E-state index contributed by atoms with van der Waals surface area (Å²) in [5, 5.41) is 10.0. The van der Waals surface area contributed by atoms with Crippen LogP contribution in [0.3, 0.4) is 0 Å². The highest BCUT2D eigenvalue weighted by Gasteiger charge is 2.21. The van der Waals surface area contributed by atoms with Gasteiger partial charge in [-0.3, -0.25) is 9.59 Å². The first kappa shape index (κ1) is 17.8. The lowest BCUT2D eigenvalue weighted by atomic mass is 10.1. The average Bonchev–Trinajstić information content (AvgIpc) is 2.42. The number of carbonyl (C=O) groups is 2. The first-order valence-corrected chi connectivity index (χ1v) is 7.55. The van der Waals surface area contributed by atoms with Crippen LogP contribution < -0.4 is 0 Å². The zero-order chi connectivity index (χ0) is 16.0. The Kier molecular flexibility index (Phi) is 6.99. The lowest BCUT2D eigenvalue weighted by Crippen LogP contribution is -2.40. The summed E-state index contributed by atoms with van der Waals surface area (Å²) in [6, 6.07) is 5.15. The molecule has 0 aliphatic rings. The highest BCUT2D eigenvalue weighted by Crippen LogP contribution is 2.21. The fraction of sp³-hybridized carbons (Fsp3) is 0.467. The minimum atomic E-state index is -1.02. The lowest BCUT2D eigenvalue weighted by Gasteiger charge is -2.24. The molecule has 1 atom stereocenters. The molecule has 0 saturated carbocycles. The molecule has 0 unspecified atom stereocenters. The van der Waals surface area contributed by atoms with E-state index in [0.717, 1.165) is 5.56 Å². The number of carbonyl (C=O) groups excluding carboxylic acids is 1. The molecule has 0 aliphatic carbocycles. The van der Waals surface area contributed by atoms with Gasteiger partial charge in [0.2, 0.25) is 5.91 Å². The van der Waals surface area contributed by atoms with Crippen LogP contribution in [0.2, 0.25) is 10.0 Å². The largest absolute Gasteiger partial charge is 0.480 e. The number of hydrogen-bond acceptors (Lipinski definition) is 2. The first-order valence-electron chi connectivity index (χ1n) is 6.79. The third-order valence-electron chi connectivity index (χ3n) is 3.34. The minimum absolute atomic E-state index is 0.148. The Hall–Kier alpha value is -1.26. The number of nitrogens with zero attached hydrogens (tertiary/aromatic N) is 1. The van der Waals surface area contributed by atoms with Crippen LogP contribution in [0.1, 0.15) is 25.8 Å². The summed E-state index contributed by atoms with van der Waals surface area (Å²) in [4.78, 5) is 24.5. The standard InChI is InChI=1S/C15H19Cl2NO3/c1-3-10(2)15(21)18(9-14(19)20)7-6-11-4-5-12(16)8-13(11)17/h4-5,8,10H,3,6-7,9H2,1-2H3,(H,19,20)/t10-/m1/s1. The second-order valence-electron chi connectivity index (χ2n) is 4.95. The molecular formula is C15H19Cl2NO3. The molecule has 1 amide bonds. The Morgan fingerprint density at radius 1 is 1.33 bits per heavy atom. The first-order chi connectivity index (χ1) is 9.85. The van der Waals surface area contributed by atoms with E-state index in [1.807, 2.05) is 6.92 Å². The predicted octanol–water partition coefficient (Wildman–Crippen LogP) is 3.50. The van der Waals surface area contributed by atoms with Gasteiger partial charge in [-0.25, -0.2) is 0 Å². The van der Waals surface area contributed by atoms with Crippen LogP contribution in [-0.2, 0) is 16.0 Å². The molecule has 0 spiro atoms. The van der Waals surface area contributed by atoms with Crippen LogP contribution in [0.25, 0.3) is 0 Å². The van der Waals surface area contributed by atoms with Crippen LogP contribution in [0.15, 0.2) is 18.2 Å². The van der Waals surface area contributed by atoms with Gasteiger partial charge in [-0.1, -0.05) is 43.1 Å². The van der Waals surface area contributed by atoms with Gasteiger partial charge in [-0.2, -0.15) is 0 Å². The molecule has 4 nitrogen and oxygen atoms in total. The topological polar surface area (TPSA) is 57.6 Å². The summed E-state index contributed by atoms with van der Waals surface area (Å²) >= 11 is 11.9. The van der Waals surface area contributed by atoms with Gasteiger partial charge in [0.15, 0.2) is 0 Å². The molecular weight excluding hydrogens is 313 g/mol. The normalized spacial score (nSPS) is 12.0. The smallest absolute Gasteiger partial charge is 0.323 e. The summed E-state index contributed by atoms with van der Waals surface area (Å²) in [7, 11) is 0. The van der Waals surface area contributed by atoms with E-state index in [-0.39, 0.29) is 18.4 Å². The predicted molar refractivity (Wildman–Crippen MR) is 83.8 cm³/mol. The van der Waals surface area contributed by atoms with Crippen LogP contribution in [0.5, 0.6) is 0 Å². The van der Waals surface area contributed by atoms with Crippen molar-refractivity contribution in [3.63, 3.8) is 0 Å². The molecule has 0 bridgehead atoms. The van der Waals surface area contributed by atoms with Gasteiger partial charge in [-0.05, 0) is 30.5 Å². The Morgan fingerprint density at radius 3 is 2.52 bits per heavy atom. The molecule has 0 aromatic heterocycles. The van der Waals surface area contributed by atoms with Crippen molar-refractivity contribution >= 4 is 35.1 Å². The molecule has 0 saturated heterocycles. The number of amides is 1. The van der Waals surface area contributed by atoms with E-state index in [1.165, 1.54) is 4.90 Å². The van der Waals surface area contributed by atoms with E-state index in [0.29, 0.717) is 29.4 Å². The molecule has 0 fully saturated rings. The molecule has 116 valence electrons. The summed E-state index contributed by atoms with van der Waals surface area (Å²) in [5.74, 6) is -1.36. The van der Waals surface area contributed by atoms with Crippen LogP contribution in [0, 0.1) is 5.92 Å². The van der Waals surface area contributed by atoms with Gasteiger partial charge in [0, 0.05) is 22.5 Å². The van der Waals surface area contributed by atoms with E-state index < -0.39 is 5.97 Å². The number of carboxylic acids is 1. The van der Waals surface area contributed by atoms with Crippen molar-refractivity contribution in [2.24, 2.45) is 5.92 Å². The fourth-order valence-corrected chi connectivity index (χ4v) is 2.40. The van der Waals surface area contributed by atoms with E-state index in [9.17, 15) is 9.59 Å². The zero-order valence-corrected chi connectivity index (χ0v) is 13.6. The lowest BCUT2D eigenvalue weighted by molar-refractivity contribution is -0.146. The molecule has 1 aromatic carbocycles. The second kappa shape index (κ2) is 8.25. The zero-order valence-electron chi connectivity index (χ0n) is 12.1. The van der Waals surface area contributed by atoms with Crippen molar-refractivity contribution in [2.75, 3.05) is 13.1 Å². The summed E-state index contributed by atoms with van der Waals surface area (Å²) < 4.78 is 0. The van der Waals surface area contributed by atoms with Crippen LogP contribution >= 0.6 is 23.2 Å². The molecule has 6 heteroatoms. The van der Waals surface area contributed by atoms with E-state index in [1.54, 1.807) is 25.1 Å². The van der Waals surface area contributed by atoms with Crippen molar-refractivity contribution in [1.29, 1.82) is 0 Å².